The van der Waals surface area contributed by atoms with Crippen molar-refractivity contribution in [3.8, 4) is 0 Å². The van der Waals surface area contributed by atoms with Crippen LogP contribution in [0.5, 0.6) is 0 Å². The number of benzene rings is 1. The SMILES string of the molecule is CC(=O)c1ccc(NC(=O)CSC(=N)N)cc1. The van der Waals surface area contributed by atoms with Gasteiger partial charge in [-0.3, -0.25) is 15.0 Å². The van der Waals surface area contributed by atoms with E-state index in [1.165, 1.54) is 6.92 Å². The number of nitrogens with two attached hydrogens (primary N) is 1. The number of thioether (sulfide) groups is 1. The van der Waals surface area contributed by atoms with Crippen LogP contribution in [0.2, 0.25) is 0 Å². The second kappa shape index (κ2) is 6.05. The van der Waals surface area contributed by atoms with Crippen molar-refractivity contribution in [2.45, 2.75) is 6.92 Å². The van der Waals surface area contributed by atoms with Gasteiger partial charge in [-0.15, -0.1) is 0 Å². The third-order valence-electron chi connectivity index (χ3n) is 1.93. The average Bonchev–Trinajstić information content (AvgIpc) is 2.27. The van der Waals surface area contributed by atoms with Crippen molar-refractivity contribution < 1.29 is 9.59 Å². The second-order valence-electron chi connectivity index (χ2n) is 3.33. The van der Waals surface area contributed by atoms with Gasteiger partial charge in [0.15, 0.2) is 11.0 Å². The van der Waals surface area contributed by atoms with Gasteiger partial charge in [-0.05, 0) is 31.2 Å². The molecule has 1 amide bonds. The van der Waals surface area contributed by atoms with Crippen molar-refractivity contribution in [2.24, 2.45) is 5.73 Å². The summed E-state index contributed by atoms with van der Waals surface area (Å²) in [7, 11) is 0. The van der Waals surface area contributed by atoms with Crippen LogP contribution in [0, 0.1) is 5.41 Å². The molecule has 90 valence electrons. The van der Waals surface area contributed by atoms with Gasteiger partial charge in [-0.1, -0.05) is 11.8 Å². The number of anilines is 1. The van der Waals surface area contributed by atoms with E-state index in [2.05, 4.69) is 5.32 Å². The highest BCUT2D eigenvalue weighted by atomic mass is 32.2. The van der Waals surface area contributed by atoms with E-state index in [0.717, 1.165) is 11.8 Å². The summed E-state index contributed by atoms with van der Waals surface area (Å²) in [6.07, 6.45) is 0. The fourth-order valence-corrected chi connectivity index (χ4v) is 1.49. The van der Waals surface area contributed by atoms with Gasteiger partial charge in [-0.2, -0.15) is 0 Å². The van der Waals surface area contributed by atoms with Gasteiger partial charge in [0, 0.05) is 11.3 Å². The van der Waals surface area contributed by atoms with E-state index in [0.29, 0.717) is 11.3 Å². The maximum absolute atomic E-state index is 11.4. The lowest BCUT2D eigenvalue weighted by molar-refractivity contribution is -0.113. The van der Waals surface area contributed by atoms with Crippen molar-refractivity contribution in [3.05, 3.63) is 29.8 Å². The highest BCUT2D eigenvalue weighted by molar-refractivity contribution is 8.14. The number of hydrogen-bond acceptors (Lipinski definition) is 4. The number of carbonyl (C=O) groups excluding carboxylic acids is 2. The monoisotopic (exact) mass is 251 g/mol. The molecule has 0 atom stereocenters. The molecule has 0 aliphatic rings. The molecular weight excluding hydrogens is 238 g/mol. The van der Waals surface area contributed by atoms with Crippen molar-refractivity contribution in [1.29, 1.82) is 5.41 Å². The largest absolute Gasteiger partial charge is 0.379 e. The topological polar surface area (TPSA) is 96.0 Å². The number of rotatable bonds is 4. The summed E-state index contributed by atoms with van der Waals surface area (Å²) in [4.78, 5) is 22.4. The summed E-state index contributed by atoms with van der Waals surface area (Å²) >= 11 is 0.962. The van der Waals surface area contributed by atoms with Crippen LogP contribution >= 0.6 is 11.8 Å². The zero-order valence-electron chi connectivity index (χ0n) is 9.32. The molecule has 6 heteroatoms. The highest BCUT2D eigenvalue weighted by Crippen LogP contribution is 2.10. The molecule has 0 bridgehead atoms. The minimum Gasteiger partial charge on any atom is -0.379 e. The summed E-state index contributed by atoms with van der Waals surface area (Å²) in [5, 5.41) is 9.52. The molecule has 0 saturated carbocycles. The average molecular weight is 251 g/mol. The van der Waals surface area contributed by atoms with Crippen LogP contribution in [0.1, 0.15) is 17.3 Å². The summed E-state index contributed by atoms with van der Waals surface area (Å²) in [5.74, 6) is -0.153. The molecule has 0 fully saturated rings. The van der Waals surface area contributed by atoms with Crippen LogP contribution < -0.4 is 11.1 Å². The van der Waals surface area contributed by atoms with Crippen LogP contribution in [0.3, 0.4) is 0 Å². The number of ketones is 1. The summed E-state index contributed by atoms with van der Waals surface area (Å²) in [6, 6.07) is 6.62. The van der Waals surface area contributed by atoms with E-state index in [1.807, 2.05) is 0 Å². The lowest BCUT2D eigenvalue weighted by Crippen LogP contribution is -2.17. The van der Waals surface area contributed by atoms with Crippen molar-refractivity contribution >= 4 is 34.3 Å². The molecule has 0 aliphatic heterocycles. The standard InChI is InChI=1S/C11H13N3O2S/c1-7(15)8-2-4-9(5-3-8)14-10(16)6-17-11(12)13/h2-5H,6H2,1H3,(H3,12,13)(H,14,16). The predicted molar refractivity (Wildman–Crippen MR) is 69.4 cm³/mol. The number of amidine groups is 1. The smallest absolute Gasteiger partial charge is 0.234 e. The van der Waals surface area contributed by atoms with E-state index in [-0.39, 0.29) is 22.6 Å². The van der Waals surface area contributed by atoms with E-state index in [4.69, 9.17) is 11.1 Å². The second-order valence-corrected chi connectivity index (χ2v) is 4.35. The van der Waals surface area contributed by atoms with Crippen LogP contribution in [-0.2, 0) is 4.79 Å². The Morgan fingerprint density at radius 3 is 2.41 bits per heavy atom. The van der Waals surface area contributed by atoms with Gasteiger partial charge in [0.1, 0.15) is 0 Å². The minimum absolute atomic E-state index is 0.0185. The van der Waals surface area contributed by atoms with Crippen molar-refractivity contribution in [1.82, 2.24) is 0 Å². The lowest BCUT2D eigenvalue weighted by Gasteiger charge is -2.05. The third kappa shape index (κ3) is 4.69. The number of amides is 1. The van der Waals surface area contributed by atoms with E-state index in [1.54, 1.807) is 24.3 Å². The Bertz CT molecular complexity index is 443. The molecule has 5 nitrogen and oxygen atoms in total. The molecule has 0 saturated heterocycles. The molecule has 0 unspecified atom stereocenters. The maximum Gasteiger partial charge on any atom is 0.234 e. The molecule has 0 heterocycles. The molecule has 17 heavy (non-hydrogen) atoms. The fourth-order valence-electron chi connectivity index (χ4n) is 1.13. The number of Topliss-reactive ketones (excluding diaryl/α,β-unsaturated/α-hetero) is 1. The van der Waals surface area contributed by atoms with Crippen LogP contribution in [0.15, 0.2) is 24.3 Å². The predicted octanol–water partition coefficient (Wildman–Crippen LogP) is 1.45. The first kappa shape index (κ1) is 13.2. The van der Waals surface area contributed by atoms with E-state index in [9.17, 15) is 9.59 Å². The first-order chi connectivity index (χ1) is 7.99. The van der Waals surface area contributed by atoms with E-state index >= 15 is 0 Å². The summed E-state index contributed by atoms with van der Waals surface area (Å²) < 4.78 is 0. The van der Waals surface area contributed by atoms with Gasteiger partial charge in [0.25, 0.3) is 0 Å². The number of carbonyl (C=O) groups is 2. The van der Waals surface area contributed by atoms with Crippen LogP contribution in [0.25, 0.3) is 0 Å². The lowest BCUT2D eigenvalue weighted by atomic mass is 10.1. The zero-order chi connectivity index (χ0) is 12.8. The molecule has 1 aromatic carbocycles. The minimum atomic E-state index is -0.235. The Kier molecular flexibility index (Phi) is 4.71. The van der Waals surface area contributed by atoms with Crippen LogP contribution in [-0.4, -0.2) is 22.6 Å². The quantitative estimate of drug-likeness (QED) is 0.429. The Labute approximate surface area is 103 Å². The fraction of sp³-hybridized carbons (Fsp3) is 0.182. The molecule has 4 N–H and O–H groups in total. The summed E-state index contributed by atoms with van der Waals surface area (Å²) in [6.45, 7) is 1.48. The Morgan fingerprint density at radius 1 is 1.35 bits per heavy atom. The summed E-state index contributed by atoms with van der Waals surface area (Å²) in [5.41, 5.74) is 6.33. The molecule has 0 spiro atoms. The molecule has 1 aromatic rings. The maximum atomic E-state index is 11.4. The van der Waals surface area contributed by atoms with E-state index < -0.39 is 0 Å². The van der Waals surface area contributed by atoms with Gasteiger partial charge >= 0.3 is 0 Å². The molecule has 0 radical (unpaired) electrons. The number of nitrogens with one attached hydrogen (secondary N) is 2. The van der Waals surface area contributed by atoms with Gasteiger partial charge < -0.3 is 11.1 Å². The van der Waals surface area contributed by atoms with Crippen molar-refractivity contribution in [2.75, 3.05) is 11.1 Å². The Balaban J connectivity index is 2.54. The normalized spacial score (nSPS) is 9.71. The van der Waals surface area contributed by atoms with Gasteiger partial charge in [0.2, 0.25) is 5.91 Å². The first-order valence-electron chi connectivity index (χ1n) is 4.86. The zero-order valence-corrected chi connectivity index (χ0v) is 10.1. The Hall–Kier alpha value is -1.82. The molecular formula is C11H13N3O2S. The third-order valence-corrected chi connectivity index (χ3v) is 2.65. The molecule has 0 aromatic heterocycles. The highest BCUT2D eigenvalue weighted by Gasteiger charge is 2.04. The first-order valence-corrected chi connectivity index (χ1v) is 5.85. The van der Waals surface area contributed by atoms with Crippen molar-refractivity contribution in [3.63, 3.8) is 0 Å². The molecule has 0 aliphatic carbocycles. The number of hydrogen-bond donors (Lipinski definition) is 3. The Morgan fingerprint density at radius 2 is 1.94 bits per heavy atom. The van der Waals surface area contributed by atoms with Gasteiger partial charge in [0.05, 0.1) is 5.75 Å². The van der Waals surface area contributed by atoms with Gasteiger partial charge in [-0.25, -0.2) is 0 Å². The van der Waals surface area contributed by atoms with Crippen LogP contribution in [0.4, 0.5) is 5.69 Å². The molecule has 1 rings (SSSR count).